The lowest BCUT2D eigenvalue weighted by molar-refractivity contribution is -0.125. The Morgan fingerprint density at radius 2 is 1.92 bits per heavy atom. The number of hydrogen-bond donors (Lipinski definition) is 2. The number of pyridine rings is 1. The topological polar surface area (TPSA) is 71.1 Å². The first-order valence-corrected chi connectivity index (χ1v) is 8.10. The van der Waals surface area contributed by atoms with Gasteiger partial charge in [0.2, 0.25) is 11.8 Å². The first-order valence-electron chi connectivity index (χ1n) is 8.10. The number of carbonyl (C=O) groups is 2. The predicted molar refractivity (Wildman–Crippen MR) is 92.2 cm³/mol. The minimum atomic E-state index is -0.242. The molecule has 0 bridgehead atoms. The van der Waals surface area contributed by atoms with Crippen molar-refractivity contribution in [1.29, 1.82) is 0 Å². The van der Waals surface area contributed by atoms with Crippen LogP contribution in [0.5, 0.6) is 0 Å². The summed E-state index contributed by atoms with van der Waals surface area (Å²) in [7, 11) is 0. The van der Waals surface area contributed by atoms with Gasteiger partial charge in [-0.25, -0.2) is 0 Å². The number of aryl methyl sites for hydroxylation is 2. The maximum atomic E-state index is 12.3. The van der Waals surface area contributed by atoms with Gasteiger partial charge in [0.1, 0.15) is 0 Å². The second-order valence-corrected chi connectivity index (χ2v) is 6.30. The van der Waals surface area contributed by atoms with Gasteiger partial charge in [-0.1, -0.05) is 18.2 Å². The lowest BCUT2D eigenvalue weighted by Crippen LogP contribution is -2.27. The first kappa shape index (κ1) is 16.2. The number of rotatable bonds is 5. The Labute approximate surface area is 141 Å². The van der Waals surface area contributed by atoms with E-state index < -0.39 is 0 Å². The molecule has 1 aliphatic carbocycles. The van der Waals surface area contributed by atoms with Crippen LogP contribution >= 0.6 is 0 Å². The number of hydrogen-bond acceptors (Lipinski definition) is 3. The summed E-state index contributed by atoms with van der Waals surface area (Å²) in [6, 6.07) is 11.5. The normalized spacial score (nSPS) is 18.8. The summed E-state index contributed by atoms with van der Waals surface area (Å²) in [5.41, 5.74) is 3.74. The minimum absolute atomic E-state index is 0.0817. The number of aromatic nitrogens is 1. The van der Waals surface area contributed by atoms with E-state index in [1.807, 2.05) is 50.2 Å². The van der Waals surface area contributed by atoms with E-state index in [0.29, 0.717) is 13.0 Å². The number of nitrogens with zero attached hydrogens (tertiary/aromatic N) is 1. The molecule has 0 aliphatic heterocycles. The molecule has 0 spiro atoms. The Kier molecular flexibility index (Phi) is 4.60. The average molecular weight is 323 g/mol. The Bertz CT molecular complexity index is 758. The van der Waals surface area contributed by atoms with Crippen molar-refractivity contribution >= 4 is 17.5 Å². The van der Waals surface area contributed by atoms with Crippen molar-refractivity contribution in [2.45, 2.75) is 26.8 Å². The summed E-state index contributed by atoms with van der Waals surface area (Å²) in [5.74, 6) is -0.643. The third-order valence-corrected chi connectivity index (χ3v) is 4.28. The molecular weight excluding hydrogens is 302 g/mol. The molecule has 1 fully saturated rings. The van der Waals surface area contributed by atoms with Crippen LogP contribution in [0.1, 0.15) is 23.2 Å². The lowest BCUT2D eigenvalue weighted by atomic mass is 10.1. The second-order valence-electron chi connectivity index (χ2n) is 6.30. The van der Waals surface area contributed by atoms with Crippen LogP contribution in [0, 0.1) is 25.7 Å². The van der Waals surface area contributed by atoms with E-state index in [1.165, 1.54) is 0 Å². The van der Waals surface area contributed by atoms with Crippen molar-refractivity contribution in [1.82, 2.24) is 10.3 Å². The lowest BCUT2D eigenvalue weighted by Gasteiger charge is -2.09. The van der Waals surface area contributed by atoms with Gasteiger partial charge >= 0.3 is 0 Å². The molecule has 1 aliphatic rings. The maximum absolute atomic E-state index is 12.3. The highest BCUT2D eigenvalue weighted by Gasteiger charge is 2.48. The quantitative estimate of drug-likeness (QED) is 0.888. The molecule has 5 heteroatoms. The van der Waals surface area contributed by atoms with E-state index in [0.717, 1.165) is 22.5 Å². The molecular formula is C19H21N3O2. The monoisotopic (exact) mass is 323 g/mol. The summed E-state index contributed by atoms with van der Waals surface area (Å²) < 4.78 is 0. The fourth-order valence-corrected chi connectivity index (χ4v) is 2.68. The first-order chi connectivity index (χ1) is 11.5. The summed E-state index contributed by atoms with van der Waals surface area (Å²) in [5, 5.41) is 5.79. The predicted octanol–water partition coefficient (Wildman–Crippen LogP) is 2.59. The fourth-order valence-electron chi connectivity index (χ4n) is 2.68. The van der Waals surface area contributed by atoms with Crippen molar-refractivity contribution in [3.8, 4) is 0 Å². The van der Waals surface area contributed by atoms with E-state index in [-0.39, 0.29) is 23.7 Å². The zero-order chi connectivity index (χ0) is 17.1. The molecule has 0 radical (unpaired) electrons. The zero-order valence-corrected chi connectivity index (χ0v) is 13.9. The van der Waals surface area contributed by atoms with Crippen molar-refractivity contribution in [2.75, 3.05) is 5.32 Å². The molecule has 5 nitrogen and oxygen atoms in total. The molecule has 3 rings (SSSR count). The summed E-state index contributed by atoms with van der Waals surface area (Å²) >= 11 is 0. The Balaban J connectivity index is 1.52. The molecule has 2 N–H and O–H groups in total. The smallest absolute Gasteiger partial charge is 0.228 e. The van der Waals surface area contributed by atoms with Crippen molar-refractivity contribution < 1.29 is 9.59 Å². The van der Waals surface area contributed by atoms with Crippen LogP contribution in [0.2, 0.25) is 0 Å². The van der Waals surface area contributed by atoms with Gasteiger partial charge in [0.15, 0.2) is 0 Å². The second kappa shape index (κ2) is 6.83. The molecule has 1 aromatic carbocycles. The van der Waals surface area contributed by atoms with Gasteiger partial charge in [-0.15, -0.1) is 0 Å². The Hall–Kier alpha value is -2.69. The van der Waals surface area contributed by atoms with Crippen LogP contribution < -0.4 is 10.6 Å². The van der Waals surface area contributed by atoms with Gasteiger partial charge in [-0.05, 0) is 49.6 Å². The fraction of sp³-hybridized carbons (Fsp3) is 0.316. The molecule has 2 unspecified atom stereocenters. The number of nitrogens with one attached hydrogen (secondary N) is 2. The van der Waals surface area contributed by atoms with E-state index in [9.17, 15) is 9.59 Å². The van der Waals surface area contributed by atoms with E-state index >= 15 is 0 Å². The van der Waals surface area contributed by atoms with Gasteiger partial charge < -0.3 is 10.6 Å². The van der Waals surface area contributed by atoms with Gasteiger partial charge in [-0.3, -0.25) is 14.6 Å². The SMILES string of the molecule is Cc1ccc(C)c(NC(=O)C2CC2C(=O)NCc2ccccn2)c1. The standard InChI is InChI=1S/C19H21N3O2/c1-12-6-7-13(2)17(9-12)22-19(24)16-10-15(16)18(23)21-11-14-5-3-4-8-20-14/h3-9,15-16H,10-11H2,1-2H3,(H,21,23)(H,22,24). The number of amides is 2. The molecule has 2 aromatic rings. The molecule has 1 saturated carbocycles. The van der Waals surface area contributed by atoms with Gasteiger partial charge in [-0.2, -0.15) is 0 Å². The summed E-state index contributed by atoms with van der Waals surface area (Å²) in [6.45, 7) is 4.33. The van der Waals surface area contributed by atoms with Gasteiger partial charge in [0.25, 0.3) is 0 Å². The van der Waals surface area contributed by atoms with E-state index in [4.69, 9.17) is 0 Å². The third kappa shape index (κ3) is 3.79. The van der Waals surface area contributed by atoms with Crippen LogP contribution in [0.4, 0.5) is 5.69 Å². The Morgan fingerprint density at radius 3 is 2.67 bits per heavy atom. The highest BCUT2D eigenvalue weighted by Crippen LogP contribution is 2.39. The Morgan fingerprint density at radius 1 is 1.12 bits per heavy atom. The maximum Gasteiger partial charge on any atom is 0.228 e. The van der Waals surface area contributed by atoms with Crippen LogP contribution in [-0.4, -0.2) is 16.8 Å². The average Bonchev–Trinajstić information content (AvgIpc) is 3.38. The van der Waals surface area contributed by atoms with E-state index in [1.54, 1.807) is 6.20 Å². The van der Waals surface area contributed by atoms with Crippen LogP contribution in [-0.2, 0) is 16.1 Å². The summed E-state index contributed by atoms with van der Waals surface area (Å²) in [4.78, 5) is 28.6. The molecule has 2 amide bonds. The van der Waals surface area contributed by atoms with Gasteiger partial charge in [0.05, 0.1) is 24.1 Å². The van der Waals surface area contributed by atoms with Gasteiger partial charge in [0, 0.05) is 11.9 Å². The number of carbonyl (C=O) groups excluding carboxylic acids is 2. The van der Waals surface area contributed by atoms with Crippen LogP contribution in [0.15, 0.2) is 42.6 Å². The summed E-state index contributed by atoms with van der Waals surface area (Å²) in [6.07, 6.45) is 2.30. The number of benzene rings is 1. The highest BCUT2D eigenvalue weighted by atomic mass is 16.2. The largest absolute Gasteiger partial charge is 0.350 e. The molecule has 0 saturated heterocycles. The molecule has 124 valence electrons. The molecule has 2 atom stereocenters. The van der Waals surface area contributed by atoms with Crippen molar-refractivity contribution in [3.05, 3.63) is 59.4 Å². The van der Waals surface area contributed by atoms with Crippen LogP contribution in [0.25, 0.3) is 0 Å². The third-order valence-electron chi connectivity index (χ3n) is 4.28. The molecule has 24 heavy (non-hydrogen) atoms. The number of anilines is 1. The van der Waals surface area contributed by atoms with Crippen LogP contribution in [0.3, 0.4) is 0 Å². The molecule has 1 heterocycles. The van der Waals surface area contributed by atoms with E-state index in [2.05, 4.69) is 15.6 Å². The van der Waals surface area contributed by atoms with Crippen molar-refractivity contribution in [3.63, 3.8) is 0 Å². The van der Waals surface area contributed by atoms with Crippen molar-refractivity contribution in [2.24, 2.45) is 11.8 Å². The highest BCUT2D eigenvalue weighted by molar-refractivity contribution is 5.99. The zero-order valence-electron chi connectivity index (χ0n) is 13.9. The molecule has 1 aromatic heterocycles. The minimum Gasteiger partial charge on any atom is -0.350 e.